The number of rotatable bonds is 2. The van der Waals surface area contributed by atoms with Crippen molar-refractivity contribution in [3.05, 3.63) is 12.2 Å². The van der Waals surface area contributed by atoms with Crippen LogP contribution in [-0.2, 0) is 0 Å². The van der Waals surface area contributed by atoms with Gasteiger partial charge in [-0.15, -0.1) is 0 Å². The summed E-state index contributed by atoms with van der Waals surface area (Å²) in [5, 5.41) is 0. The predicted molar refractivity (Wildman–Crippen MR) is 33.3 cm³/mol. The van der Waals surface area contributed by atoms with Crippen molar-refractivity contribution in [2.75, 3.05) is 0 Å². The molecular formula is C6H14O. The molecule has 0 aliphatic carbocycles. The zero-order chi connectivity index (χ0) is 4.83. The third-order valence-corrected chi connectivity index (χ3v) is 0.691. The fourth-order valence-corrected chi connectivity index (χ4v) is 0.333. The minimum absolute atomic E-state index is 0. The number of unbranched alkanes of at least 4 members (excludes halogenated alkanes) is 1. The van der Waals surface area contributed by atoms with Gasteiger partial charge in [0.2, 0.25) is 0 Å². The van der Waals surface area contributed by atoms with E-state index in [-0.39, 0.29) is 5.48 Å². The molecule has 7 heavy (non-hydrogen) atoms. The van der Waals surface area contributed by atoms with E-state index in [2.05, 4.69) is 26.0 Å². The minimum Gasteiger partial charge on any atom is -0.412 e. The fraction of sp³-hybridized carbons (Fsp3) is 0.667. The van der Waals surface area contributed by atoms with Gasteiger partial charge in [-0.05, 0) is 13.3 Å². The molecular weight excluding hydrogens is 88.1 g/mol. The molecule has 0 aliphatic heterocycles. The molecule has 0 aromatic carbocycles. The van der Waals surface area contributed by atoms with Crippen molar-refractivity contribution in [1.82, 2.24) is 0 Å². The van der Waals surface area contributed by atoms with Crippen LogP contribution in [0.4, 0.5) is 0 Å². The molecule has 2 N–H and O–H groups in total. The van der Waals surface area contributed by atoms with Crippen molar-refractivity contribution in [2.45, 2.75) is 26.7 Å². The quantitative estimate of drug-likeness (QED) is 0.474. The predicted octanol–water partition coefficient (Wildman–Crippen LogP) is 1.54. The molecule has 0 radical (unpaired) electrons. The maximum atomic E-state index is 2.18. The van der Waals surface area contributed by atoms with Gasteiger partial charge >= 0.3 is 0 Å². The number of hydrogen-bond donors (Lipinski definition) is 0. The molecule has 0 aromatic rings. The second-order valence-corrected chi connectivity index (χ2v) is 1.36. The average Bonchev–Trinajstić information content (AvgIpc) is 1.61. The Morgan fingerprint density at radius 1 is 1.43 bits per heavy atom. The minimum atomic E-state index is 0. The summed E-state index contributed by atoms with van der Waals surface area (Å²) in [5.41, 5.74) is 0. The Bertz CT molecular complexity index is 39.4. The van der Waals surface area contributed by atoms with E-state index in [1.54, 1.807) is 0 Å². The molecule has 0 heterocycles. The van der Waals surface area contributed by atoms with E-state index < -0.39 is 0 Å². The van der Waals surface area contributed by atoms with Gasteiger partial charge < -0.3 is 5.48 Å². The lowest BCUT2D eigenvalue weighted by Gasteiger charge is -1.76. The first kappa shape index (κ1) is 9.85. The molecule has 0 spiro atoms. The summed E-state index contributed by atoms with van der Waals surface area (Å²) in [6.45, 7) is 4.23. The van der Waals surface area contributed by atoms with Gasteiger partial charge in [0.1, 0.15) is 0 Å². The highest BCUT2D eigenvalue weighted by Crippen LogP contribution is 1.85. The molecule has 0 fully saturated rings. The molecule has 0 amide bonds. The van der Waals surface area contributed by atoms with E-state index in [0.29, 0.717) is 0 Å². The molecule has 0 aromatic heterocycles. The van der Waals surface area contributed by atoms with Crippen LogP contribution in [0, 0.1) is 0 Å². The van der Waals surface area contributed by atoms with E-state index in [9.17, 15) is 0 Å². The summed E-state index contributed by atoms with van der Waals surface area (Å²) >= 11 is 0. The van der Waals surface area contributed by atoms with E-state index in [4.69, 9.17) is 0 Å². The Morgan fingerprint density at radius 2 is 2.00 bits per heavy atom. The lowest BCUT2D eigenvalue weighted by Crippen LogP contribution is -1.55. The smallest absolute Gasteiger partial charge is 0.0353 e. The largest absolute Gasteiger partial charge is 0.412 e. The van der Waals surface area contributed by atoms with Crippen LogP contribution in [0.1, 0.15) is 26.7 Å². The van der Waals surface area contributed by atoms with Gasteiger partial charge in [0.15, 0.2) is 0 Å². The highest BCUT2D eigenvalue weighted by Gasteiger charge is 1.64. The van der Waals surface area contributed by atoms with Crippen molar-refractivity contribution in [2.24, 2.45) is 0 Å². The van der Waals surface area contributed by atoms with Crippen LogP contribution in [0.5, 0.6) is 0 Å². The topological polar surface area (TPSA) is 31.5 Å². The van der Waals surface area contributed by atoms with Crippen LogP contribution in [0.25, 0.3) is 0 Å². The molecule has 0 atom stereocenters. The van der Waals surface area contributed by atoms with Gasteiger partial charge in [0.25, 0.3) is 0 Å². The normalized spacial score (nSPS) is 8.86. The summed E-state index contributed by atoms with van der Waals surface area (Å²) < 4.78 is 0. The Labute approximate surface area is 45.4 Å². The standard InChI is InChI=1S/C6H12.H2O/c1-3-5-6-4-2;/h3,5H,4,6H2,1-2H3;1H2/b5-3+;. The molecule has 0 rings (SSSR count). The zero-order valence-corrected chi connectivity index (χ0v) is 5.07. The fourth-order valence-electron chi connectivity index (χ4n) is 0.333. The third-order valence-electron chi connectivity index (χ3n) is 0.691. The molecule has 0 bridgehead atoms. The SMILES string of the molecule is C/C=C/CCC.O. The second kappa shape index (κ2) is 9.20. The average molecular weight is 102 g/mol. The van der Waals surface area contributed by atoms with Gasteiger partial charge in [-0.2, -0.15) is 0 Å². The van der Waals surface area contributed by atoms with Gasteiger partial charge in [-0.25, -0.2) is 0 Å². The maximum Gasteiger partial charge on any atom is -0.0353 e. The van der Waals surface area contributed by atoms with E-state index in [1.807, 2.05) is 0 Å². The lowest BCUT2D eigenvalue weighted by molar-refractivity contribution is 0.824. The molecule has 1 nitrogen and oxygen atoms in total. The zero-order valence-electron chi connectivity index (χ0n) is 5.07. The highest BCUT2D eigenvalue weighted by atomic mass is 16.0. The summed E-state index contributed by atoms with van der Waals surface area (Å²) in [7, 11) is 0. The third kappa shape index (κ3) is 10.7. The van der Waals surface area contributed by atoms with E-state index >= 15 is 0 Å². The van der Waals surface area contributed by atoms with Crippen LogP contribution >= 0.6 is 0 Å². The first-order valence-electron chi connectivity index (χ1n) is 2.53. The summed E-state index contributed by atoms with van der Waals surface area (Å²) in [6.07, 6.45) is 6.77. The Balaban J connectivity index is 0. The summed E-state index contributed by atoms with van der Waals surface area (Å²) in [6, 6.07) is 0. The monoisotopic (exact) mass is 102 g/mol. The van der Waals surface area contributed by atoms with Crippen molar-refractivity contribution in [1.29, 1.82) is 0 Å². The molecule has 0 saturated heterocycles. The first-order chi connectivity index (χ1) is 2.91. The molecule has 1 heteroatoms. The van der Waals surface area contributed by atoms with Crippen LogP contribution in [0.15, 0.2) is 12.2 Å². The molecule has 0 saturated carbocycles. The Morgan fingerprint density at radius 3 is 2.14 bits per heavy atom. The van der Waals surface area contributed by atoms with E-state index in [0.717, 1.165) is 0 Å². The van der Waals surface area contributed by atoms with E-state index in [1.165, 1.54) is 12.8 Å². The van der Waals surface area contributed by atoms with Gasteiger partial charge in [0.05, 0.1) is 0 Å². The summed E-state index contributed by atoms with van der Waals surface area (Å²) in [5.74, 6) is 0. The first-order valence-corrected chi connectivity index (χ1v) is 2.53. The maximum absolute atomic E-state index is 2.18. The van der Waals surface area contributed by atoms with Crippen molar-refractivity contribution >= 4 is 0 Å². The second-order valence-electron chi connectivity index (χ2n) is 1.36. The lowest BCUT2D eigenvalue weighted by atomic mass is 10.3. The van der Waals surface area contributed by atoms with Gasteiger partial charge in [-0.3, -0.25) is 0 Å². The van der Waals surface area contributed by atoms with Crippen LogP contribution in [-0.4, -0.2) is 5.48 Å². The molecule has 0 aliphatic rings. The summed E-state index contributed by atoms with van der Waals surface area (Å²) in [4.78, 5) is 0. The van der Waals surface area contributed by atoms with Gasteiger partial charge in [0, 0.05) is 0 Å². The number of hydrogen-bond acceptors (Lipinski definition) is 0. The van der Waals surface area contributed by atoms with Crippen LogP contribution in [0.2, 0.25) is 0 Å². The van der Waals surface area contributed by atoms with Crippen molar-refractivity contribution in [3.63, 3.8) is 0 Å². The molecule has 44 valence electrons. The Kier molecular flexibility index (Phi) is 12.9. The Hall–Kier alpha value is -0.300. The highest BCUT2D eigenvalue weighted by molar-refractivity contribution is 4.75. The van der Waals surface area contributed by atoms with Crippen LogP contribution in [0.3, 0.4) is 0 Å². The van der Waals surface area contributed by atoms with Crippen molar-refractivity contribution in [3.8, 4) is 0 Å². The van der Waals surface area contributed by atoms with Crippen molar-refractivity contribution < 1.29 is 5.48 Å². The number of allylic oxidation sites excluding steroid dienone is 2. The molecule has 0 unspecified atom stereocenters. The van der Waals surface area contributed by atoms with Crippen LogP contribution < -0.4 is 0 Å². The van der Waals surface area contributed by atoms with Gasteiger partial charge in [-0.1, -0.05) is 25.5 Å².